The summed E-state index contributed by atoms with van der Waals surface area (Å²) in [5.74, 6) is 0.324. The molecule has 1 saturated heterocycles. The van der Waals surface area contributed by atoms with Crippen molar-refractivity contribution < 1.29 is 13.2 Å². The number of amides is 1. The van der Waals surface area contributed by atoms with Crippen LogP contribution in [0.1, 0.15) is 59.1 Å². The number of fused-ring (bicyclic) bond motifs is 1. The van der Waals surface area contributed by atoms with Crippen LogP contribution in [-0.2, 0) is 22.9 Å². The van der Waals surface area contributed by atoms with Crippen LogP contribution in [0.5, 0.6) is 0 Å². The van der Waals surface area contributed by atoms with E-state index in [1.54, 1.807) is 19.1 Å². The minimum absolute atomic E-state index is 0.222. The zero-order valence-electron chi connectivity index (χ0n) is 16.9. The van der Waals surface area contributed by atoms with Gasteiger partial charge in [0.1, 0.15) is 0 Å². The lowest BCUT2D eigenvalue weighted by Crippen LogP contribution is -2.36. The number of aryl methyl sites for hydroxylation is 2. The van der Waals surface area contributed by atoms with Crippen LogP contribution in [0.25, 0.3) is 0 Å². The molecule has 1 N–H and O–H groups in total. The van der Waals surface area contributed by atoms with Crippen LogP contribution in [0.3, 0.4) is 0 Å². The van der Waals surface area contributed by atoms with Crippen molar-refractivity contribution in [3.63, 3.8) is 0 Å². The van der Waals surface area contributed by atoms with Crippen LogP contribution >= 0.6 is 11.3 Å². The topological polar surface area (TPSA) is 79.4 Å². The first-order valence-corrected chi connectivity index (χ1v) is 12.5. The van der Waals surface area contributed by atoms with Gasteiger partial charge in [0.15, 0.2) is 5.13 Å². The molecule has 29 heavy (non-hydrogen) atoms. The SMILES string of the molecule is Cc1ccc(C(=O)Nc2nc3c(s2)CC(C)CC3)cc1S(=O)(=O)N1CCCCC1. The van der Waals surface area contributed by atoms with Gasteiger partial charge in [-0.1, -0.05) is 19.4 Å². The van der Waals surface area contributed by atoms with E-state index in [-0.39, 0.29) is 10.8 Å². The van der Waals surface area contributed by atoms with E-state index >= 15 is 0 Å². The van der Waals surface area contributed by atoms with Crippen molar-refractivity contribution in [2.24, 2.45) is 5.92 Å². The van der Waals surface area contributed by atoms with Gasteiger partial charge in [0, 0.05) is 23.5 Å². The predicted molar refractivity (Wildman–Crippen MR) is 115 cm³/mol. The summed E-state index contributed by atoms with van der Waals surface area (Å²) in [7, 11) is -3.59. The molecule has 0 spiro atoms. The van der Waals surface area contributed by atoms with Crippen LogP contribution in [-0.4, -0.2) is 36.7 Å². The third kappa shape index (κ3) is 4.25. The van der Waals surface area contributed by atoms with E-state index in [0.29, 0.717) is 35.3 Å². The molecule has 4 rings (SSSR count). The summed E-state index contributed by atoms with van der Waals surface area (Å²) < 4.78 is 27.7. The Labute approximate surface area is 176 Å². The van der Waals surface area contributed by atoms with E-state index < -0.39 is 10.0 Å². The first-order chi connectivity index (χ1) is 13.8. The molecule has 8 heteroatoms. The molecule has 1 amide bonds. The van der Waals surface area contributed by atoms with Gasteiger partial charge in [-0.2, -0.15) is 4.31 Å². The van der Waals surface area contributed by atoms with Gasteiger partial charge < -0.3 is 0 Å². The maximum atomic E-state index is 13.1. The van der Waals surface area contributed by atoms with Gasteiger partial charge in [-0.15, -0.1) is 11.3 Å². The number of piperidine rings is 1. The average Bonchev–Trinajstić information content (AvgIpc) is 3.10. The third-order valence-corrected chi connectivity index (χ3v) is 8.87. The summed E-state index contributed by atoms with van der Waals surface area (Å²) in [6.07, 6.45) is 5.90. The summed E-state index contributed by atoms with van der Waals surface area (Å²) in [5, 5.41) is 3.46. The third-order valence-electron chi connectivity index (χ3n) is 5.79. The molecule has 1 atom stereocenters. The number of thiazole rings is 1. The van der Waals surface area contributed by atoms with Gasteiger partial charge in [-0.3, -0.25) is 10.1 Å². The quantitative estimate of drug-likeness (QED) is 0.790. The molecular weight excluding hydrogens is 406 g/mol. The maximum Gasteiger partial charge on any atom is 0.257 e. The fraction of sp³-hybridized carbons (Fsp3) is 0.524. The number of rotatable bonds is 4. The van der Waals surface area contributed by atoms with Crippen molar-refractivity contribution in [2.45, 2.75) is 57.3 Å². The Kier molecular flexibility index (Phi) is 5.77. The number of hydrogen-bond donors (Lipinski definition) is 1. The lowest BCUT2D eigenvalue weighted by atomic mass is 9.93. The number of sulfonamides is 1. The lowest BCUT2D eigenvalue weighted by Gasteiger charge is -2.26. The highest BCUT2D eigenvalue weighted by Gasteiger charge is 2.28. The standard InChI is InChI=1S/C21H27N3O3S2/c1-14-6-9-17-18(12-14)28-21(22-17)23-20(25)16-8-7-15(2)19(13-16)29(26,27)24-10-4-3-5-11-24/h7-8,13-14H,3-6,9-12H2,1-2H3,(H,22,23,25). The molecule has 1 aromatic carbocycles. The van der Waals surface area contributed by atoms with Crippen LogP contribution in [0.2, 0.25) is 0 Å². The number of nitrogens with one attached hydrogen (secondary N) is 1. The first-order valence-electron chi connectivity index (χ1n) is 10.3. The van der Waals surface area contributed by atoms with E-state index in [1.807, 2.05) is 0 Å². The van der Waals surface area contributed by atoms with Gasteiger partial charge in [0.2, 0.25) is 10.0 Å². The summed E-state index contributed by atoms with van der Waals surface area (Å²) in [6.45, 7) is 5.09. The van der Waals surface area contributed by atoms with Gasteiger partial charge >= 0.3 is 0 Å². The molecule has 2 aromatic rings. The largest absolute Gasteiger partial charge is 0.298 e. The Morgan fingerprint density at radius 1 is 1.24 bits per heavy atom. The van der Waals surface area contributed by atoms with Gasteiger partial charge in [-0.05, 0) is 62.6 Å². The predicted octanol–water partition coefficient (Wildman–Crippen LogP) is 4.00. The van der Waals surface area contributed by atoms with Crippen molar-refractivity contribution in [1.29, 1.82) is 0 Å². The summed E-state index contributed by atoms with van der Waals surface area (Å²) in [5.41, 5.74) is 2.08. The number of hydrogen-bond acceptors (Lipinski definition) is 5. The minimum atomic E-state index is -3.59. The molecule has 6 nitrogen and oxygen atoms in total. The highest BCUT2D eigenvalue weighted by molar-refractivity contribution is 7.89. The Balaban J connectivity index is 1.56. The highest BCUT2D eigenvalue weighted by Crippen LogP contribution is 2.32. The second-order valence-electron chi connectivity index (χ2n) is 8.14. The van der Waals surface area contributed by atoms with Gasteiger partial charge in [-0.25, -0.2) is 13.4 Å². The molecule has 1 aromatic heterocycles. The molecule has 1 aliphatic heterocycles. The van der Waals surface area contributed by atoms with E-state index in [0.717, 1.165) is 44.2 Å². The molecule has 1 fully saturated rings. The molecule has 0 saturated carbocycles. The molecule has 156 valence electrons. The van der Waals surface area contributed by atoms with Crippen LogP contribution < -0.4 is 5.32 Å². The van der Waals surface area contributed by atoms with Crippen molar-refractivity contribution in [3.05, 3.63) is 39.9 Å². The van der Waals surface area contributed by atoms with Crippen LogP contribution in [0.15, 0.2) is 23.1 Å². The van der Waals surface area contributed by atoms with Gasteiger partial charge in [0.25, 0.3) is 5.91 Å². The van der Waals surface area contributed by atoms with Crippen LogP contribution in [0, 0.1) is 12.8 Å². The van der Waals surface area contributed by atoms with Crippen LogP contribution in [0.4, 0.5) is 5.13 Å². The maximum absolute atomic E-state index is 13.1. The first kappa shape index (κ1) is 20.5. The number of anilines is 1. The summed E-state index contributed by atoms with van der Waals surface area (Å²) in [4.78, 5) is 18.8. The van der Waals surface area contributed by atoms with E-state index in [9.17, 15) is 13.2 Å². The summed E-state index contributed by atoms with van der Waals surface area (Å²) in [6, 6.07) is 4.89. The number of aromatic nitrogens is 1. The molecule has 1 aliphatic carbocycles. The highest BCUT2D eigenvalue weighted by atomic mass is 32.2. The van der Waals surface area contributed by atoms with Crippen molar-refractivity contribution >= 4 is 32.4 Å². The molecular formula is C21H27N3O3S2. The fourth-order valence-corrected chi connectivity index (χ4v) is 6.96. The zero-order chi connectivity index (χ0) is 20.6. The van der Waals surface area contributed by atoms with E-state index in [2.05, 4.69) is 17.2 Å². The second-order valence-corrected chi connectivity index (χ2v) is 11.1. The summed E-state index contributed by atoms with van der Waals surface area (Å²) >= 11 is 1.53. The van der Waals surface area contributed by atoms with Gasteiger partial charge in [0.05, 0.1) is 10.6 Å². The number of nitrogens with zero attached hydrogens (tertiary/aromatic N) is 2. The zero-order valence-corrected chi connectivity index (χ0v) is 18.5. The smallest absolute Gasteiger partial charge is 0.257 e. The Morgan fingerprint density at radius 3 is 2.76 bits per heavy atom. The Morgan fingerprint density at radius 2 is 2.00 bits per heavy atom. The minimum Gasteiger partial charge on any atom is -0.298 e. The normalized spacial score (nSPS) is 20.3. The molecule has 1 unspecified atom stereocenters. The average molecular weight is 434 g/mol. The molecule has 0 bridgehead atoms. The molecule has 2 heterocycles. The van der Waals surface area contributed by atoms with Crippen molar-refractivity contribution in [3.8, 4) is 0 Å². The molecule has 0 radical (unpaired) electrons. The number of carbonyl (C=O) groups excluding carboxylic acids is 1. The fourth-order valence-electron chi connectivity index (χ4n) is 4.03. The van der Waals surface area contributed by atoms with Crippen molar-refractivity contribution in [2.75, 3.05) is 18.4 Å². The lowest BCUT2D eigenvalue weighted by molar-refractivity contribution is 0.102. The van der Waals surface area contributed by atoms with Crippen molar-refractivity contribution in [1.82, 2.24) is 9.29 Å². The Bertz CT molecular complexity index is 1020. The number of benzene rings is 1. The second kappa shape index (κ2) is 8.16. The van der Waals surface area contributed by atoms with E-state index in [4.69, 9.17) is 0 Å². The molecule has 2 aliphatic rings. The Hall–Kier alpha value is -1.77. The monoisotopic (exact) mass is 433 g/mol. The van der Waals surface area contributed by atoms with E-state index in [1.165, 1.54) is 26.6 Å². The number of carbonyl (C=O) groups is 1.